The molecule has 15 heavy (non-hydrogen) atoms. The smallest absolute Gasteiger partial charge is 0.125 e. The van der Waals surface area contributed by atoms with Crippen molar-refractivity contribution < 1.29 is 4.39 Å². The number of hydrogen-bond acceptors (Lipinski definition) is 0. The Morgan fingerprint density at radius 1 is 1.40 bits per heavy atom. The van der Waals surface area contributed by atoms with Crippen LogP contribution in [0.4, 0.5) is 4.39 Å². The molecule has 0 bridgehead atoms. The predicted octanol–water partition coefficient (Wildman–Crippen LogP) is 3.77. The molecule has 1 nitrogen and oxygen atoms in total. The molecule has 0 aliphatic heterocycles. The van der Waals surface area contributed by atoms with Crippen molar-refractivity contribution in [3.63, 3.8) is 0 Å². The van der Waals surface area contributed by atoms with Gasteiger partial charge in [0.15, 0.2) is 0 Å². The number of fused-ring (bicyclic) bond motifs is 1. The SMILES string of the molecule is C=CC(C)(C)c1c[nH]c2cc(F)ccc12. The van der Waals surface area contributed by atoms with Gasteiger partial charge >= 0.3 is 0 Å². The maximum absolute atomic E-state index is 13.0. The number of aromatic nitrogens is 1. The third-order valence-electron chi connectivity index (χ3n) is 2.85. The second-order valence-electron chi connectivity index (χ2n) is 4.32. The standard InChI is InChI=1S/C13H14FN/c1-4-13(2,3)11-8-15-12-7-9(14)5-6-10(11)12/h4-8,15H,1H2,2-3H3. The number of nitrogens with one attached hydrogen (secondary N) is 1. The highest BCUT2D eigenvalue weighted by molar-refractivity contribution is 5.84. The lowest BCUT2D eigenvalue weighted by Gasteiger charge is -2.18. The van der Waals surface area contributed by atoms with Crippen molar-refractivity contribution in [1.82, 2.24) is 4.98 Å². The van der Waals surface area contributed by atoms with E-state index in [-0.39, 0.29) is 11.2 Å². The number of halogens is 1. The summed E-state index contributed by atoms with van der Waals surface area (Å²) >= 11 is 0. The molecule has 2 heteroatoms. The van der Waals surface area contributed by atoms with Crippen molar-refractivity contribution in [3.05, 3.63) is 48.4 Å². The minimum absolute atomic E-state index is 0.101. The lowest BCUT2D eigenvalue weighted by atomic mass is 9.85. The first-order chi connectivity index (χ1) is 7.04. The Morgan fingerprint density at radius 3 is 2.80 bits per heavy atom. The minimum Gasteiger partial charge on any atom is -0.361 e. The van der Waals surface area contributed by atoms with E-state index in [1.807, 2.05) is 18.3 Å². The quantitative estimate of drug-likeness (QED) is 0.715. The molecule has 0 atom stereocenters. The maximum Gasteiger partial charge on any atom is 0.125 e. The van der Waals surface area contributed by atoms with Crippen molar-refractivity contribution in [2.24, 2.45) is 0 Å². The fourth-order valence-corrected chi connectivity index (χ4v) is 1.74. The Morgan fingerprint density at radius 2 is 2.13 bits per heavy atom. The third-order valence-corrected chi connectivity index (χ3v) is 2.85. The second kappa shape index (κ2) is 3.23. The van der Waals surface area contributed by atoms with Gasteiger partial charge in [-0.1, -0.05) is 19.9 Å². The molecule has 0 saturated carbocycles. The molecular formula is C13H14FN. The molecule has 1 heterocycles. The second-order valence-corrected chi connectivity index (χ2v) is 4.32. The van der Waals surface area contributed by atoms with Gasteiger partial charge < -0.3 is 4.98 Å². The van der Waals surface area contributed by atoms with Crippen LogP contribution in [-0.4, -0.2) is 4.98 Å². The summed E-state index contributed by atoms with van der Waals surface area (Å²) in [6.45, 7) is 8.00. The van der Waals surface area contributed by atoms with Gasteiger partial charge in [-0.3, -0.25) is 0 Å². The van der Waals surface area contributed by atoms with Crippen molar-refractivity contribution in [3.8, 4) is 0 Å². The number of allylic oxidation sites excluding steroid dienone is 1. The molecule has 0 spiro atoms. The highest BCUT2D eigenvalue weighted by atomic mass is 19.1. The summed E-state index contributed by atoms with van der Waals surface area (Å²) < 4.78 is 13.0. The van der Waals surface area contributed by atoms with Crippen LogP contribution in [0.3, 0.4) is 0 Å². The van der Waals surface area contributed by atoms with E-state index >= 15 is 0 Å². The van der Waals surface area contributed by atoms with Gasteiger partial charge in [0.2, 0.25) is 0 Å². The number of hydrogen-bond donors (Lipinski definition) is 1. The average molecular weight is 203 g/mol. The van der Waals surface area contributed by atoms with Crippen LogP contribution in [0.1, 0.15) is 19.4 Å². The summed E-state index contributed by atoms with van der Waals surface area (Å²) in [5, 5.41) is 1.06. The molecule has 0 saturated heterocycles. The van der Waals surface area contributed by atoms with Crippen LogP contribution in [0.25, 0.3) is 10.9 Å². The highest BCUT2D eigenvalue weighted by Gasteiger charge is 2.19. The molecule has 0 aliphatic carbocycles. The molecule has 1 aromatic heterocycles. The first-order valence-electron chi connectivity index (χ1n) is 4.95. The monoisotopic (exact) mass is 203 g/mol. The fourth-order valence-electron chi connectivity index (χ4n) is 1.74. The Kier molecular flexibility index (Phi) is 2.14. The van der Waals surface area contributed by atoms with Gasteiger partial charge in [-0.2, -0.15) is 0 Å². The molecule has 0 radical (unpaired) electrons. The summed E-state index contributed by atoms with van der Waals surface area (Å²) in [4.78, 5) is 3.08. The fraction of sp³-hybridized carbons (Fsp3) is 0.231. The summed E-state index contributed by atoms with van der Waals surface area (Å²) in [6.07, 6.45) is 3.82. The van der Waals surface area contributed by atoms with E-state index in [1.54, 1.807) is 0 Å². The van der Waals surface area contributed by atoms with E-state index in [0.29, 0.717) is 0 Å². The summed E-state index contributed by atoms with van der Waals surface area (Å²) in [6, 6.07) is 4.80. The van der Waals surface area contributed by atoms with Gasteiger partial charge in [-0.25, -0.2) is 4.39 Å². The number of rotatable bonds is 2. The number of aromatic amines is 1. The average Bonchev–Trinajstić information content (AvgIpc) is 2.61. The van der Waals surface area contributed by atoms with Crippen LogP contribution in [0.2, 0.25) is 0 Å². The molecule has 0 fully saturated rings. The van der Waals surface area contributed by atoms with Crippen molar-refractivity contribution in [2.75, 3.05) is 0 Å². The van der Waals surface area contributed by atoms with E-state index < -0.39 is 0 Å². The number of H-pyrrole nitrogens is 1. The summed E-state index contributed by atoms with van der Waals surface area (Å²) in [5.41, 5.74) is 1.88. The molecule has 0 unspecified atom stereocenters. The van der Waals surface area contributed by atoms with Gasteiger partial charge in [0.25, 0.3) is 0 Å². The predicted molar refractivity (Wildman–Crippen MR) is 61.5 cm³/mol. The van der Waals surface area contributed by atoms with Crippen molar-refractivity contribution >= 4 is 10.9 Å². The van der Waals surface area contributed by atoms with E-state index in [0.717, 1.165) is 16.5 Å². The Labute approximate surface area is 88.6 Å². The van der Waals surface area contributed by atoms with E-state index in [4.69, 9.17) is 0 Å². The topological polar surface area (TPSA) is 15.8 Å². The molecule has 2 rings (SSSR count). The normalized spacial score (nSPS) is 11.9. The van der Waals surface area contributed by atoms with E-state index in [9.17, 15) is 4.39 Å². The lowest BCUT2D eigenvalue weighted by Crippen LogP contribution is -2.11. The first-order valence-corrected chi connectivity index (χ1v) is 4.95. The van der Waals surface area contributed by atoms with Crippen molar-refractivity contribution in [1.29, 1.82) is 0 Å². The van der Waals surface area contributed by atoms with Crippen LogP contribution < -0.4 is 0 Å². The largest absolute Gasteiger partial charge is 0.361 e. The molecule has 0 aliphatic rings. The molecule has 1 aromatic carbocycles. The van der Waals surface area contributed by atoms with Gasteiger partial charge in [0.1, 0.15) is 5.82 Å². The zero-order valence-corrected chi connectivity index (χ0v) is 8.97. The maximum atomic E-state index is 13.0. The molecule has 2 aromatic rings. The Balaban J connectivity index is 2.69. The third kappa shape index (κ3) is 1.56. The van der Waals surface area contributed by atoms with E-state index in [2.05, 4.69) is 25.4 Å². The van der Waals surface area contributed by atoms with Crippen LogP contribution >= 0.6 is 0 Å². The highest BCUT2D eigenvalue weighted by Crippen LogP contribution is 2.31. The zero-order valence-electron chi connectivity index (χ0n) is 8.97. The number of benzene rings is 1. The van der Waals surface area contributed by atoms with Gasteiger partial charge in [-0.15, -0.1) is 6.58 Å². The summed E-state index contributed by atoms with van der Waals surface area (Å²) in [7, 11) is 0. The van der Waals surface area contributed by atoms with Gasteiger partial charge in [-0.05, 0) is 23.8 Å². The Bertz CT molecular complexity index is 508. The van der Waals surface area contributed by atoms with Gasteiger partial charge in [0.05, 0.1) is 0 Å². The van der Waals surface area contributed by atoms with Crippen LogP contribution in [0.15, 0.2) is 37.1 Å². The zero-order chi connectivity index (χ0) is 11.1. The molecule has 78 valence electrons. The van der Waals surface area contributed by atoms with Gasteiger partial charge in [0, 0.05) is 22.5 Å². The van der Waals surface area contributed by atoms with Crippen molar-refractivity contribution in [2.45, 2.75) is 19.3 Å². The van der Waals surface area contributed by atoms with E-state index in [1.165, 1.54) is 12.1 Å². The minimum atomic E-state index is -0.215. The summed E-state index contributed by atoms with van der Waals surface area (Å²) in [5.74, 6) is -0.215. The molecule has 1 N–H and O–H groups in total. The van der Waals surface area contributed by atoms with Crippen LogP contribution in [-0.2, 0) is 5.41 Å². The molecule has 0 amide bonds. The lowest BCUT2D eigenvalue weighted by molar-refractivity contribution is 0.629. The molecular weight excluding hydrogens is 189 g/mol. The van der Waals surface area contributed by atoms with Crippen LogP contribution in [0, 0.1) is 5.82 Å². The van der Waals surface area contributed by atoms with Crippen LogP contribution in [0.5, 0.6) is 0 Å². The Hall–Kier alpha value is -1.57. The first kappa shape index (κ1) is 9.97.